The molecule has 1 rings (SSSR count). The van der Waals surface area contributed by atoms with Gasteiger partial charge in [-0.15, -0.1) is 11.6 Å². The molecular weight excluding hydrogens is 242 g/mol. The first kappa shape index (κ1) is 13.6. The third-order valence-electron chi connectivity index (χ3n) is 2.51. The van der Waals surface area contributed by atoms with Gasteiger partial charge in [0.1, 0.15) is 11.5 Å². The van der Waals surface area contributed by atoms with Crippen molar-refractivity contribution in [3.8, 4) is 11.5 Å². The van der Waals surface area contributed by atoms with Gasteiger partial charge in [-0.1, -0.05) is 13.8 Å². The van der Waals surface area contributed by atoms with Crippen LogP contribution in [0, 0.1) is 5.92 Å². The molecule has 0 heterocycles. The van der Waals surface area contributed by atoms with Crippen molar-refractivity contribution in [2.45, 2.75) is 19.9 Å². The van der Waals surface area contributed by atoms with E-state index in [4.69, 9.17) is 16.7 Å². The molecule has 0 fully saturated rings. The SMILES string of the molecule is CC(C)C(CCl)NC(=O)c1ccc(O)cc1O. The van der Waals surface area contributed by atoms with Gasteiger partial charge in [-0.2, -0.15) is 0 Å². The van der Waals surface area contributed by atoms with Crippen LogP contribution in [0.1, 0.15) is 24.2 Å². The van der Waals surface area contributed by atoms with Gasteiger partial charge in [-0.3, -0.25) is 4.79 Å². The number of phenols is 2. The maximum atomic E-state index is 11.8. The van der Waals surface area contributed by atoms with Gasteiger partial charge in [-0.05, 0) is 18.1 Å². The normalized spacial score (nSPS) is 12.5. The lowest BCUT2D eigenvalue weighted by molar-refractivity contribution is 0.0928. The van der Waals surface area contributed by atoms with E-state index in [1.54, 1.807) is 0 Å². The van der Waals surface area contributed by atoms with E-state index in [2.05, 4.69) is 5.32 Å². The zero-order valence-electron chi connectivity index (χ0n) is 9.77. The summed E-state index contributed by atoms with van der Waals surface area (Å²) in [5.74, 6) is -0.226. The number of halogens is 1. The smallest absolute Gasteiger partial charge is 0.255 e. The molecule has 17 heavy (non-hydrogen) atoms. The molecule has 94 valence electrons. The highest BCUT2D eigenvalue weighted by molar-refractivity contribution is 6.18. The first-order chi connectivity index (χ1) is 7.95. The summed E-state index contributed by atoms with van der Waals surface area (Å²) >= 11 is 5.74. The van der Waals surface area contributed by atoms with Gasteiger partial charge in [0, 0.05) is 18.0 Å². The number of amides is 1. The van der Waals surface area contributed by atoms with Crippen LogP contribution in [0.5, 0.6) is 11.5 Å². The average Bonchev–Trinajstić information content (AvgIpc) is 2.24. The first-order valence-corrected chi connectivity index (χ1v) is 5.88. The van der Waals surface area contributed by atoms with E-state index in [-0.39, 0.29) is 29.0 Å². The number of carbonyl (C=O) groups excluding carboxylic acids is 1. The third-order valence-corrected chi connectivity index (χ3v) is 2.85. The Kier molecular flexibility index (Phi) is 4.63. The van der Waals surface area contributed by atoms with Crippen LogP contribution in [0.4, 0.5) is 0 Å². The van der Waals surface area contributed by atoms with Gasteiger partial charge in [0.25, 0.3) is 5.91 Å². The van der Waals surface area contributed by atoms with Gasteiger partial charge in [-0.25, -0.2) is 0 Å². The fraction of sp³-hybridized carbons (Fsp3) is 0.417. The molecule has 0 saturated carbocycles. The third kappa shape index (κ3) is 3.53. The standard InChI is InChI=1S/C12H16ClNO3/c1-7(2)10(6-13)14-12(17)9-4-3-8(15)5-11(9)16/h3-5,7,10,15-16H,6H2,1-2H3,(H,14,17). The van der Waals surface area contributed by atoms with E-state index >= 15 is 0 Å². The number of carbonyl (C=O) groups is 1. The molecule has 1 amide bonds. The summed E-state index contributed by atoms with van der Waals surface area (Å²) in [6.07, 6.45) is 0. The number of phenolic OH excluding ortho intramolecular Hbond substituents is 2. The summed E-state index contributed by atoms with van der Waals surface area (Å²) in [7, 11) is 0. The maximum Gasteiger partial charge on any atom is 0.255 e. The topological polar surface area (TPSA) is 69.6 Å². The summed E-state index contributed by atoms with van der Waals surface area (Å²) < 4.78 is 0. The van der Waals surface area contributed by atoms with Crippen molar-refractivity contribution in [3.63, 3.8) is 0 Å². The van der Waals surface area contributed by atoms with Crippen LogP contribution in [0.15, 0.2) is 18.2 Å². The summed E-state index contributed by atoms with van der Waals surface area (Å²) in [4.78, 5) is 11.8. The molecule has 1 aromatic rings. The molecule has 4 nitrogen and oxygen atoms in total. The van der Waals surface area contributed by atoms with Crippen LogP contribution < -0.4 is 5.32 Å². The zero-order valence-corrected chi connectivity index (χ0v) is 10.5. The predicted octanol–water partition coefficient (Wildman–Crippen LogP) is 2.09. The van der Waals surface area contributed by atoms with Gasteiger partial charge in [0.05, 0.1) is 5.56 Å². The first-order valence-electron chi connectivity index (χ1n) is 5.34. The molecule has 3 N–H and O–H groups in total. The van der Waals surface area contributed by atoms with Crippen LogP contribution in [0.25, 0.3) is 0 Å². The summed E-state index contributed by atoms with van der Waals surface area (Å²) in [5, 5.41) is 21.4. The lowest BCUT2D eigenvalue weighted by Gasteiger charge is -2.19. The van der Waals surface area contributed by atoms with Gasteiger partial charge < -0.3 is 15.5 Å². The van der Waals surface area contributed by atoms with E-state index < -0.39 is 5.91 Å². The second-order valence-corrected chi connectivity index (χ2v) is 4.49. The Morgan fingerprint density at radius 1 is 1.41 bits per heavy atom. The van der Waals surface area contributed by atoms with Crippen LogP contribution in [0.3, 0.4) is 0 Å². The average molecular weight is 258 g/mol. The number of aromatic hydroxyl groups is 2. The number of benzene rings is 1. The Hall–Kier alpha value is -1.42. The molecule has 1 unspecified atom stereocenters. The van der Waals surface area contributed by atoms with E-state index in [0.717, 1.165) is 6.07 Å². The van der Waals surface area contributed by atoms with E-state index in [9.17, 15) is 9.90 Å². The van der Waals surface area contributed by atoms with Gasteiger partial charge in [0.2, 0.25) is 0 Å². The molecule has 1 atom stereocenters. The lowest BCUT2D eigenvalue weighted by atomic mass is 10.1. The Morgan fingerprint density at radius 2 is 2.06 bits per heavy atom. The minimum Gasteiger partial charge on any atom is -0.508 e. The minimum atomic E-state index is -0.401. The highest BCUT2D eigenvalue weighted by atomic mass is 35.5. The molecule has 0 aliphatic carbocycles. The predicted molar refractivity (Wildman–Crippen MR) is 66.6 cm³/mol. The number of rotatable bonds is 4. The largest absolute Gasteiger partial charge is 0.508 e. The van der Waals surface area contributed by atoms with Crippen molar-refractivity contribution in [2.75, 3.05) is 5.88 Å². The second-order valence-electron chi connectivity index (χ2n) is 4.18. The van der Waals surface area contributed by atoms with Crippen LogP contribution in [-0.2, 0) is 0 Å². The summed E-state index contributed by atoms with van der Waals surface area (Å²) in [5.41, 5.74) is 0.124. The molecule has 5 heteroatoms. The van der Waals surface area contributed by atoms with Crippen molar-refractivity contribution in [3.05, 3.63) is 23.8 Å². The molecular formula is C12H16ClNO3. The van der Waals surface area contributed by atoms with Crippen LogP contribution >= 0.6 is 11.6 Å². The Labute approximate surface area is 105 Å². The highest BCUT2D eigenvalue weighted by Gasteiger charge is 2.18. The van der Waals surface area contributed by atoms with E-state index in [1.807, 2.05) is 13.8 Å². The minimum absolute atomic E-state index is 0.0863. The summed E-state index contributed by atoms with van der Waals surface area (Å²) in [6, 6.07) is 3.68. The number of hydrogen-bond donors (Lipinski definition) is 3. The van der Waals surface area contributed by atoms with Crippen LogP contribution in [0.2, 0.25) is 0 Å². The molecule has 0 bridgehead atoms. The number of alkyl halides is 1. The van der Waals surface area contributed by atoms with Crippen molar-refractivity contribution in [2.24, 2.45) is 5.92 Å². The molecule has 0 aromatic heterocycles. The molecule has 0 aliphatic heterocycles. The van der Waals surface area contributed by atoms with Gasteiger partial charge in [0.15, 0.2) is 0 Å². The fourth-order valence-corrected chi connectivity index (χ4v) is 1.78. The second kappa shape index (κ2) is 5.77. The van der Waals surface area contributed by atoms with Crippen LogP contribution in [-0.4, -0.2) is 28.0 Å². The molecule has 0 aliphatic rings. The highest BCUT2D eigenvalue weighted by Crippen LogP contribution is 2.22. The molecule has 0 saturated heterocycles. The van der Waals surface area contributed by atoms with E-state index in [0.29, 0.717) is 5.88 Å². The molecule has 0 spiro atoms. The van der Waals surface area contributed by atoms with Crippen molar-refractivity contribution in [1.82, 2.24) is 5.32 Å². The zero-order chi connectivity index (χ0) is 13.0. The Morgan fingerprint density at radius 3 is 2.53 bits per heavy atom. The van der Waals surface area contributed by atoms with E-state index in [1.165, 1.54) is 12.1 Å². The number of hydrogen-bond acceptors (Lipinski definition) is 3. The fourth-order valence-electron chi connectivity index (χ4n) is 1.34. The Bertz CT molecular complexity index is 407. The summed E-state index contributed by atoms with van der Waals surface area (Å²) in [6.45, 7) is 3.90. The van der Waals surface area contributed by atoms with Crippen molar-refractivity contribution < 1.29 is 15.0 Å². The lowest BCUT2D eigenvalue weighted by Crippen LogP contribution is -2.39. The Balaban J connectivity index is 2.82. The maximum absolute atomic E-state index is 11.8. The quantitative estimate of drug-likeness (QED) is 0.724. The molecule has 0 radical (unpaired) electrons. The van der Waals surface area contributed by atoms with Crippen molar-refractivity contribution in [1.29, 1.82) is 0 Å². The monoisotopic (exact) mass is 257 g/mol. The number of nitrogens with one attached hydrogen (secondary N) is 1. The van der Waals surface area contributed by atoms with Crippen molar-refractivity contribution >= 4 is 17.5 Å². The molecule has 1 aromatic carbocycles. The van der Waals surface area contributed by atoms with Gasteiger partial charge >= 0.3 is 0 Å².